The molecule has 3 rings (SSSR count). The summed E-state index contributed by atoms with van der Waals surface area (Å²) in [5.74, 6) is -1.43. The van der Waals surface area contributed by atoms with E-state index < -0.39 is 37.5 Å². The van der Waals surface area contributed by atoms with Crippen LogP contribution in [0, 0.1) is 5.82 Å². The zero-order chi connectivity index (χ0) is 17.9. The number of H-pyrrole nitrogens is 1. The van der Waals surface area contributed by atoms with E-state index in [2.05, 4.69) is 15.0 Å². The maximum absolute atomic E-state index is 14.4. The highest BCUT2D eigenvalue weighted by atomic mass is 32.2. The smallest absolute Gasteiger partial charge is 0.239 e. The Hall–Kier alpha value is -2.21. The average molecular weight is 375 g/mol. The van der Waals surface area contributed by atoms with Gasteiger partial charge >= 0.3 is 0 Å². The third-order valence-corrected chi connectivity index (χ3v) is 6.34. The van der Waals surface area contributed by atoms with Crippen LogP contribution in [0.1, 0.15) is 11.6 Å². The summed E-state index contributed by atoms with van der Waals surface area (Å²) < 4.78 is 62.3. The van der Waals surface area contributed by atoms with Gasteiger partial charge in [-0.15, -0.1) is 0 Å². The van der Waals surface area contributed by atoms with Crippen LogP contribution >= 0.6 is 0 Å². The molecule has 1 aromatic carbocycles. The average Bonchev–Trinajstić information content (AvgIpc) is 2.86. The second-order valence-corrected chi connectivity index (χ2v) is 9.43. The molecule has 24 heavy (non-hydrogen) atoms. The van der Waals surface area contributed by atoms with Gasteiger partial charge in [0, 0.05) is 24.9 Å². The van der Waals surface area contributed by atoms with Crippen molar-refractivity contribution in [2.45, 2.75) is 11.2 Å². The lowest BCUT2D eigenvalue weighted by Gasteiger charge is -2.27. The van der Waals surface area contributed by atoms with E-state index in [0.29, 0.717) is 0 Å². The van der Waals surface area contributed by atoms with Crippen molar-refractivity contribution in [3.05, 3.63) is 23.5 Å². The number of aromatic amines is 1. The zero-order valence-corrected chi connectivity index (χ0v) is 14.3. The minimum Gasteiger partial charge on any atom is -0.369 e. The number of nitrogens with one attached hydrogen (secondary N) is 1. The van der Waals surface area contributed by atoms with E-state index in [0.717, 1.165) is 16.6 Å². The number of guanidine groups is 1. The van der Waals surface area contributed by atoms with Gasteiger partial charge in [-0.3, -0.25) is 0 Å². The summed E-state index contributed by atoms with van der Waals surface area (Å²) in [4.78, 5) is 10.4. The molecule has 0 amide bonds. The van der Waals surface area contributed by atoms with Crippen molar-refractivity contribution in [3.63, 3.8) is 0 Å². The number of nitrogens with two attached hydrogens (primary N) is 1. The first-order valence-corrected chi connectivity index (χ1v) is 10.2. The fourth-order valence-corrected chi connectivity index (χ4v) is 4.12. The van der Waals surface area contributed by atoms with E-state index in [1.807, 2.05) is 0 Å². The summed E-state index contributed by atoms with van der Waals surface area (Å²) in [6.45, 7) is 0. The molecule has 130 valence electrons. The Kier molecular flexibility index (Phi) is 3.57. The largest absolute Gasteiger partial charge is 0.369 e. The van der Waals surface area contributed by atoms with E-state index in [9.17, 15) is 21.2 Å². The molecular formula is C12H14FN5O4S2. The molecule has 0 aliphatic carbocycles. The number of halogens is 1. The van der Waals surface area contributed by atoms with Crippen molar-refractivity contribution in [3.8, 4) is 0 Å². The molecule has 1 aliphatic heterocycles. The maximum Gasteiger partial charge on any atom is 0.239 e. The van der Waals surface area contributed by atoms with Gasteiger partial charge in [0.2, 0.25) is 31.0 Å². The lowest BCUT2D eigenvalue weighted by Crippen LogP contribution is -2.45. The Morgan fingerprint density at radius 2 is 2.08 bits per heavy atom. The van der Waals surface area contributed by atoms with Crippen molar-refractivity contribution in [2.24, 2.45) is 10.7 Å². The quantitative estimate of drug-likeness (QED) is 0.741. The van der Waals surface area contributed by atoms with Crippen LogP contribution in [0.2, 0.25) is 0 Å². The third-order valence-electron chi connectivity index (χ3n) is 3.69. The van der Waals surface area contributed by atoms with Crippen LogP contribution in [0.3, 0.4) is 0 Å². The van der Waals surface area contributed by atoms with Crippen LogP contribution in [-0.4, -0.2) is 56.1 Å². The minimum atomic E-state index is -3.71. The summed E-state index contributed by atoms with van der Waals surface area (Å²) in [5.41, 5.74) is 5.95. The first-order chi connectivity index (χ1) is 11.0. The number of benzene rings is 1. The van der Waals surface area contributed by atoms with Crippen molar-refractivity contribution < 1.29 is 21.2 Å². The Bertz CT molecular complexity index is 1070. The fourth-order valence-electron chi connectivity index (χ4n) is 2.35. The van der Waals surface area contributed by atoms with Crippen molar-refractivity contribution in [1.82, 2.24) is 14.3 Å². The molecule has 0 saturated carbocycles. The number of hydrogen-bond donors (Lipinski definition) is 2. The predicted octanol–water partition coefficient (Wildman–Crippen LogP) is -0.263. The summed E-state index contributed by atoms with van der Waals surface area (Å²) in [5, 5.41) is -0.298. The van der Waals surface area contributed by atoms with E-state index in [1.165, 1.54) is 13.1 Å². The molecule has 0 bridgehead atoms. The van der Waals surface area contributed by atoms with E-state index >= 15 is 0 Å². The van der Waals surface area contributed by atoms with E-state index in [1.54, 1.807) is 0 Å². The van der Waals surface area contributed by atoms with Crippen LogP contribution in [-0.2, 0) is 19.9 Å². The molecule has 3 N–H and O–H groups in total. The number of aromatic nitrogens is 2. The Morgan fingerprint density at radius 1 is 1.42 bits per heavy atom. The third kappa shape index (κ3) is 2.71. The van der Waals surface area contributed by atoms with E-state index in [-0.39, 0.29) is 27.7 Å². The SMILES string of the molecule is CN1C(N)=NC(c2cc3[nH]c(S(C)(=O)=O)nc3cc2F)CS1(=O)=O. The first kappa shape index (κ1) is 16.6. The second-order valence-electron chi connectivity index (χ2n) is 5.45. The molecule has 2 heterocycles. The molecule has 0 radical (unpaired) electrons. The van der Waals surface area contributed by atoms with Crippen LogP contribution in [0.15, 0.2) is 22.3 Å². The highest BCUT2D eigenvalue weighted by molar-refractivity contribution is 7.90. The lowest BCUT2D eigenvalue weighted by molar-refractivity contribution is 0.525. The van der Waals surface area contributed by atoms with Gasteiger partial charge in [0.15, 0.2) is 0 Å². The summed E-state index contributed by atoms with van der Waals surface area (Å²) in [6, 6.07) is 1.31. The van der Waals surface area contributed by atoms with Gasteiger partial charge in [-0.05, 0) is 6.07 Å². The topological polar surface area (TPSA) is 139 Å². The van der Waals surface area contributed by atoms with Gasteiger partial charge in [0.1, 0.15) is 5.82 Å². The Morgan fingerprint density at radius 3 is 2.67 bits per heavy atom. The van der Waals surface area contributed by atoms with Crippen molar-refractivity contribution in [1.29, 1.82) is 0 Å². The van der Waals surface area contributed by atoms with Crippen LogP contribution in [0.25, 0.3) is 11.0 Å². The summed E-state index contributed by atoms with van der Waals surface area (Å²) in [7, 11) is -6.03. The Balaban J connectivity index is 2.15. The van der Waals surface area contributed by atoms with Gasteiger partial charge in [0.25, 0.3) is 0 Å². The van der Waals surface area contributed by atoms with Gasteiger partial charge in [0.05, 0.1) is 22.8 Å². The van der Waals surface area contributed by atoms with Gasteiger partial charge in [-0.2, -0.15) is 0 Å². The predicted molar refractivity (Wildman–Crippen MR) is 85.1 cm³/mol. The van der Waals surface area contributed by atoms with Gasteiger partial charge in [-0.1, -0.05) is 0 Å². The standard InChI is InChI=1S/C12H14FN5O4S2/c1-18-11(14)15-10(5-24(18,21)22)6-3-8-9(4-7(6)13)17-12(16-8)23(2,19)20/h3-4,10H,5H2,1-2H3,(H2,14,15)(H,16,17). The number of hydrogen-bond acceptors (Lipinski definition) is 7. The molecule has 1 atom stereocenters. The van der Waals surface area contributed by atoms with Crippen LogP contribution < -0.4 is 5.73 Å². The molecule has 1 aliphatic rings. The number of rotatable bonds is 2. The van der Waals surface area contributed by atoms with E-state index in [4.69, 9.17) is 5.73 Å². The number of fused-ring (bicyclic) bond motifs is 1. The molecular weight excluding hydrogens is 361 g/mol. The molecule has 1 aromatic heterocycles. The fraction of sp³-hybridized carbons (Fsp3) is 0.333. The number of sulfone groups is 1. The number of nitrogens with zero attached hydrogens (tertiary/aromatic N) is 3. The monoisotopic (exact) mass is 375 g/mol. The molecule has 0 saturated heterocycles. The highest BCUT2D eigenvalue weighted by Crippen LogP contribution is 2.29. The summed E-state index contributed by atoms with van der Waals surface area (Å²) in [6.07, 6.45) is 0.969. The van der Waals surface area contributed by atoms with Crippen molar-refractivity contribution in [2.75, 3.05) is 19.1 Å². The molecule has 2 aromatic rings. The molecule has 0 fully saturated rings. The number of aliphatic imine (C=N–C) groups is 1. The van der Waals surface area contributed by atoms with Crippen LogP contribution in [0.5, 0.6) is 0 Å². The lowest BCUT2D eigenvalue weighted by atomic mass is 10.1. The highest BCUT2D eigenvalue weighted by Gasteiger charge is 2.33. The molecule has 0 spiro atoms. The molecule has 9 nitrogen and oxygen atoms in total. The first-order valence-electron chi connectivity index (χ1n) is 6.68. The second kappa shape index (κ2) is 5.14. The minimum absolute atomic E-state index is 0.00849. The maximum atomic E-state index is 14.4. The normalized spacial score (nSPS) is 21.0. The number of imidazole rings is 1. The van der Waals surface area contributed by atoms with Crippen molar-refractivity contribution >= 4 is 36.9 Å². The van der Waals surface area contributed by atoms with Gasteiger partial charge in [-0.25, -0.2) is 35.5 Å². The van der Waals surface area contributed by atoms with Gasteiger partial charge < -0.3 is 10.7 Å². The zero-order valence-electron chi connectivity index (χ0n) is 12.7. The van der Waals surface area contributed by atoms with Crippen LogP contribution in [0.4, 0.5) is 4.39 Å². The number of sulfonamides is 1. The Labute approximate surface area is 137 Å². The molecule has 1 unspecified atom stereocenters. The molecule has 12 heteroatoms. The summed E-state index contributed by atoms with van der Waals surface area (Å²) >= 11 is 0.